The van der Waals surface area contributed by atoms with Gasteiger partial charge in [0.15, 0.2) is 0 Å². The summed E-state index contributed by atoms with van der Waals surface area (Å²) in [4.78, 5) is 0. The van der Waals surface area contributed by atoms with Gasteiger partial charge in [0.1, 0.15) is 5.75 Å². The molecule has 0 radical (unpaired) electrons. The molecule has 3 aliphatic rings. The van der Waals surface area contributed by atoms with Crippen LogP contribution in [0.15, 0.2) is 24.3 Å². The molecular weight excluding hydrogens is 380 g/mol. The van der Waals surface area contributed by atoms with Crippen molar-refractivity contribution in [2.24, 2.45) is 17.8 Å². The molecule has 3 aliphatic carbocycles. The molecule has 0 unspecified atom stereocenters. The first-order chi connectivity index (χ1) is 15.2. The first-order valence-electron chi connectivity index (χ1n) is 13.2. The maximum Gasteiger partial charge on any atom is 0.119 e. The molecule has 0 aromatic heterocycles. The number of hydrogen-bond donors (Lipinski definition) is 0. The van der Waals surface area contributed by atoms with E-state index in [0.29, 0.717) is 12.0 Å². The first kappa shape index (κ1) is 23.0. The van der Waals surface area contributed by atoms with Crippen LogP contribution >= 0.6 is 0 Å². The molecular formula is C29H44O2. The molecule has 31 heavy (non-hydrogen) atoms. The summed E-state index contributed by atoms with van der Waals surface area (Å²) >= 11 is 0. The Labute approximate surface area is 191 Å². The predicted octanol–water partition coefficient (Wildman–Crippen LogP) is 7.92. The van der Waals surface area contributed by atoms with Gasteiger partial charge in [0.2, 0.25) is 0 Å². The normalized spacial score (nSPS) is 30.3. The molecule has 3 saturated carbocycles. The Balaban J connectivity index is 1.07. The van der Waals surface area contributed by atoms with Crippen LogP contribution in [-0.4, -0.2) is 19.3 Å². The third kappa shape index (κ3) is 6.91. The fourth-order valence-corrected chi connectivity index (χ4v) is 6.18. The summed E-state index contributed by atoms with van der Waals surface area (Å²) in [5, 5.41) is 0. The fraction of sp³-hybridized carbons (Fsp3) is 0.724. The van der Waals surface area contributed by atoms with E-state index in [2.05, 4.69) is 38.1 Å². The first-order valence-corrected chi connectivity index (χ1v) is 13.2. The van der Waals surface area contributed by atoms with E-state index in [-0.39, 0.29) is 0 Å². The molecule has 0 saturated heterocycles. The average Bonchev–Trinajstić information content (AvgIpc) is 2.81. The van der Waals surface area contributed by atoms with Crippen LogP contribution in [0.5, 0.6) is 5.75 Å². The molecule has 2 heteroatoms. The second-order valence-electron chi connectivity index (χ2n) is 10.7. The van der Waals surface area contributed by atoms with Crippen molar-refractivity contribution in [2.75, 3.05) is 13.2 Å². The zero-order chi connectivity index (χ0) is 21.5. The molecule has 3 fully saturated rings. The van der Waals surface area contributed by atoms with Gasteiger partial charge in [0.05, 0.1) is 32.2 Å². The minimum atomic E-state index is 0.490. The van der Waals surface area contributed by atoms with Gasteiger partial charge in [-0.05, 0) is 92.7 Å². The zero-order valence-corrected chi connectivity index (χ0v) is 19.8. The second kappa shape index (κ2) is 11.6. The van der Waals surface area contributed by atoms with Crippen molar-refractivity contribution >= 4 is 0 Å². The van der Waals surface area contributed by atoms with Crippen molar-refractivity contribution in [1.29, 1.82) is 0 Å². The van der Waals surface area contributed by atoms with Gasteiger partial charge >= 0.3 is 0 Å². The highest BCUT2D eigenvalue weighted by atomic mass is 16.5. The summed E-state index contributed by atoms with van der Waals surface area (Å²) in [5.74, 6) is 6.07. The van der Waals surface area contributed by atoms with Crippen molar-refractivity contribution in [3.8, 4) is 5.75 Å². The Hall–Kier alpha value is -1.15. The van der Waals surface area contributed by atoms with Gasteiger partial charge in [-0.3, -0.25) is 0 Å². The lowest BCUT2D eigenvalue weighted by Crippen LogP contribution is -2.28. The number of ether oxygens (including phenoxy) is 2. The lowest BCUT2D eigenvalue weighted by Gasteiger charge is -2.37. The molecule has 0 heterocycles. The molecule has 4 rings (SSSR count). The monoisotopic (exact) mass is 424 g/mol. The van der Waals surface area contributed by atoms with Crippen LogP contribution < -0.4 is 4.74 Å². The third-order valence-electron chi connectivity index (χ3n) is 8.40. The molecule has 0 atom stereocenters. The fourth-order valence-electron chi connectivity index (χ4n) is 6.18. The van der Waals surface area contributed by atoms with Gasteiger partial charge < -0.3 is 9.47 Å². The number of benzene rings is 1. The smallest absolute Gasteiger partial charge is 0.119 e. The van der Waals surface area contributed by atoms with E-state index in [1.165, 1.54) is 88.5 Å². The van der Waals surface area contributed by atoms with Crippen LogP contribution in [0.3, 0.4) is 0 Å². The summed E-state index contributed by atoms with van der Waals surface area (Å²) in [7, 11) is 0. The van der Waals surface area contributed by atoms with Crippen LogP contribution in [-0.2, 0) is 4.74 Å². The van der Waals surface area contributed by atoms with Crippen LogP contribution in [0.2, 0.25) is 0 Å². The maximum atomic E-state index is 6.19. The lowest BCUT2D eigenvalue weighted by atomic mass is 9.71. The van der Waals surface area contributed by atoms with Crippen LogP contribution in [0.1, 0.15) is 102 Å². The van der Waals surface area contributed by atoms with E-state index in [1.807, 2.05) is 0 Å². The predicted molar refractivity (Wildman–Crippen MR) is 129 cm³/mol. The molecule has 1 aromatic rings. The van der Waals surface area contributed by atoms with Crippen molar-refractivity contribution < 1.29 is 9.47 Å². The highest BCUT2D eigenvalue weighted by Gasteiger charge is 2.30. The summed E-state index contributed by atoms with van der Waals surface area (Å²) in [6.07, 6.45) is 17.5. The minimum Gasteiger partial charge on any atom is -0.494 e. The van der Waals surface area contributed by atoms with Crippen LogP contribution in [0.4, 0.5) is 0 Å². The van der Waals surface area contributed by atoms with Crippen molar-refractivity contribution in [1.82, 2.24) is 0 Å². The molecule has 0 spiro atoms. The van der Waals surface area contributed by atoms with Gasteiger partial charge in [-0.25, -0.2) is 0 Å². The summed E-state index contributed by atoms with van der Waals surface area (Å²) in [5.41, 5.74) is 1.46. The van der Waals surface area contributed by atoms with Gasteiger partial charge in [-0.2, -0.15) is 0 Å². The number of rotatable bonds is 8. The summed E-state index contributed by atoms with van der Waals surface area (Å²) in [6.45, 7) is 8.14. The summed E-state index contributed by atoms with van der Waals surface area (Å²) < 4.78 is 12.2. The molecule has 0 amide bonds. The Kier molecular flexibility index (Phi) is 8.64. The van der Waals surface area contributed by atoms with Crippen LogP contribution in [0, 0.1) is 30.6 Å². The molecule has 1 aromatic carbocycles. The topological polar surface area (TPSA) is 18.5 Å². The third-order valence-corrected chi connectivity index (χ3v) is 8.40. The van der Waals surface area contributed by atoms with Gasteiger partial charge in [0, 0.05) is 6.42 Å². The quantitative estimate of drug-likeness (QED) is 0.312. The van der Waals surface area contributed by atoms with Gasteiger partial charge in [0.25, 0.3) is 0 Å². The highest BCUT2D eigenvalue weighted by molar-refractivity contribution is 5.30. The summed E-state index contributed by atoms with van der Waals surface area (Å²) in [6, 6.07) is 8.81. The van der Waals surface area contributed by atoms with E-state index in [4.69, 9.17) is 9.47 Å². The van der Waals surface area contributed by atoms with Crippen LogP contribution in [0.25, 0.3) is 0 Å². The van der Waals surface area contributed by atoms with Crippen molar-refractivity contribution in [2.45, 2.75) is 102 Å². The van der Waals surface area contributed by atoms with Crippen molar-refractivity contribution in [3.63, 3.8) is 0 Å². The standard InChI is InChI=1S/C29H44O2/c1-22-4-8-24(9-5-22)26-12-16-28(17-13-26)30-20-3-21-31-29-18-14-27(15-19-29)25-10-6-23(2)7-11-25/h12-13,16-17,23-25,27,29H,1,3-11,14-15,18-21H2,2H3. The average molecular weight is 425 g/mol. The van der Waals surface area contributed by atoms with E-state index in [1.54, 1.807) is 0 Å². The zero-order valence-electron chi connectivity index (χ0n) is 19.8. The van der Waals surface area contributed by atoms with Gasteiger partial charge in [-0.1, -0.05) is 37.8 Å². The molecule has 172 valence electrons. The highest BCUT2D eigenvalue weighted by Crippen LogP contribution is 2.40. The Morgan fingerprint density at radius 1 is 0.806 bits per heavy atom. The molecule has 0 bridgehead atoms. The molecule has 2 nitrogen and oxygen atoms in total. The number of hydrogen-bond acceptors (Lipinski definition) is 2. The van der Waals surface area contributed by atoms with E-state index in [0.717, 1.165) is 43.1 Å². The Morgan fingerprint density at radius 3 is 2.06 bits per heavy atom. The second-order valence-corrected chi connectivity index (χ2v) is 10.7. The lowest BCUT2D eigenvalue weighted by molar-refractivity contribution is 0.00301. The Bertz CT molecular complexity index is 615. The van der Waals surface area contributed by atoms with E-state index >= 15 is 0 Å². The van der Waals surface area contributed by atoms with Gasteiger partial charge in [-0.15, -0.1) is 6.92 Å². The Morgan fingerprint density at radius 2 is 1.42 bits per heavy atom. The maximum absolute atomic E-state index is 6.19. The van der Waals surface area contributed by atoms with E-state index in [9.17, 15) is 0 Å². The van der Waals surface area contributed by atoms with E-state index < -0.39 is 0 Å². The largest absolute Gasteiger partial charge is 0.494 e. The molecule has 0 aliphatic heterocycles. The molecule has 0 N–H and O–H groups in total. The van der Waals surface area contributed by atoms with Crippen molar-refractivity contribution in [3.05, 3.63) is 42.7 Å². The SMILES string of the molecule is [CH2-][C+]1CCC(c2ccc(OCCCOC3CCC(C4CCC(C)CC4)CC3)cc2)CC1. The minimum absolute atomic E-state index is 0.490.